The van der Waals surface area contributed by atoms with Crippen molar-refractivity contribution in [2.45, 2.75) is 33.1 Å². The van der Waals surface area contributed by atoms with Crippen LogP contribution >= 0.6 is 24.0 Å². The number of halogens is 1. The lowest BCUT2D eigenvalue weighted by molar-refractivity contribution is 0.157. The molecule has 6 heteroatoms. The zero-order valence-electron chi connectivity index (χ0n) is 15.1. The van der Waals surface area contributed by atoms with E-state index in [1.807, 2.05) is 0 Å². The van der Waals surface area contributed by atoms with Gasteiger partial charge in [-0.1, -0.05) is 6.92 Å². The van der Waals surface area contributed by atoms with Crippen LogP contribution in [0.25, 0.3) is 0 Å². The summed E-state index contributed by atoms with van der Waals surface area (Å²) in [5.74, 6) is 2.48. The molecule has 2 fully saturated rings. The van der Waals surface area contributed by atoms with E-state index in [9.17, 15) is 0 Å². The zero-order valence-corrected chi connectivity index (χ0v) is 17.4. The van der Waals surface area contributed by atoms with Gasteiger partial charge in [0, 0.05) is 45.8 Å². The van der Waals surface area contributed by atoms with E-state index in [2.05, 4.69) is 29.0 Å². The second-order valence-electron chi connectivity index (χ2n) is 6.65. The van der Waals surface area contributed by atoms with Gasteiger partial charge in [-0.25, -0.2) is 0 Å². The predicted octanol–water partition coefficient (Wildman–Crippen LogP) is 2.27. The quantitative estimate of drug-likeness (QED) is 0.393. The van der Waals surface area contributed by atoms with Crippen LogP contribution in [0.3, 0.4) is 0 Å². The lowest BCUT2D eigenvalue weighted by atomic mass is 9.98. The minimum atomic E-state index is 0. The second-order valence-corrected chi connectivity index (χ2v) is 6.65. The molecule has 23 heavy (non-hydrogen) atoms. The average molecular weight is 438 g/mol. The maximum absolute atomic E-state index is 5.30. The molecule has 0 aromatic carbocycles. The molecule has 2 saturated heterocycles. The largest absolute Gasteiger partial charge is 0.384 e. The first-order valence-electron chi connectivity index (χ1n) is 9.01. The summed E-state index contributed by atoms with van der Waals surface area (Å²) in [6, 6.07) is 0. The third-order valence-corrected chi connectivity index (χ3v) is 4.87. The number of nitrogens with zero attached hydrogens (tertiary/aromatic N) is 3. The van der Waals surface area contributed by atoms with E-state index >= 15 is 0 Å². The number of nitrogens with one attached hydrogen (secondary N) is 1. The van der Waals surface area contributed by atoms with Gasteiger partial charge in [0.25, 0.3) is 0 Å². The number of rotatable bonds is 6. The van der Waals surface area contributed by atoms with Gasteiger partial charge in [0.1, 0.15) is 0 Å². The summed E-state index contributed by atoms with van der Waals surface area (Å²) < 4.78 is 5.30. The van der Waals surface area contributed by atoms with E-state index in [1.54, 1.807) is 7.11 Å². The van der Waals surface area contributed by atoms with Crippen molar-refractivity contribution < 1.29 is 4.74 Å². The molecular formula is C17H35IN4O. The van der Waals surface area contributed by atoms with Crippen LogP contribution in [0, 0.1) is 11.8 Å². The Morgan fingerprint density at radius 1 is 1.17 bits per heavy atom. The number of aliphatic imine (C=N–C) groups is 1. The van der Waals surface area contributed by atoms with Crippen LogP contribution in [0.1, 0.15) is 33.1 Å². The fourth-order valence-electron chi connectivity index (χ4n) is 3.63. The topological polar surface area (TPSA) is 40.1 Å². The van der Waals surface area contributed by atoms with Gasteiger partial charge in [0.2, 0.25) is 0 Å². The molecule has 0 aromatic rings. The lowest BCUT2D eigenvalue weighted by Crippen LogP contribution is -2.41. The fourth-order valence-corrected chi connectivity index (χ4v) is 3.63. The molecule has 2 unspecified atom stereocenters. The van der Waals surface area contributed by atoms with Crippen LogP contribution in [-0.4, -0.2) is 75.3 Å². The molecule has 2 atom stereocenters. The van der Waals surface area contributed by atoms with E-state index in [4.69, 9.17) is 9.73 Å². The number of hydrogen-bond acceptors (Lipinski definition) is 3. The van der Waals surface area contributed by atoms with Gasteiger partial charge >= 0.3 is 0 Å². The first-order valence-corrected chi connectivity index (χ1v) is 9.01. The Morgan fingerprint density at radius 2 is 2.00 bits per heavy atom. The number of guanidine groups is 1. The Bertz CT molecular complexity index is 353. The lowest BCUT2D eigenvalue weighted by Gasteiger charge is -2.31. The Labute approximate surface area is 159 Å². The molecule has 0 saturated carbocycles. The molecule has 2 heterocycles. The Hall–Kier alpha value is -0.0800. The minimum absolute atomic E-state index is 0. The highest BCUT2D eigenvalue weighted by atomic mass is 127. The minimum Gasteiger partial charge on any atom is -0.384 e. The Kier molecular flexibility index (Phi) is 10.5. The molecule has 0 aromatic heterocycles. The van der Waals surface area contributed by atoms with Gasteiger partial charge < -0.3 is 19.9 Å². The number of methoxy groups -OCH3 is 1. The highest BCUT2D eigenvalue weighted by Crippen LogP contribution is 2.18. The van der Waals surface area contributed by atoms with E-state index < -0.39 is 0 Å². The molecule has 0 amide bonds. The molecule has 2 aliphatic rings. The number of piperidine rings is 1. The molecule has 136 valence electrons. The molecule has 0 spiro atoms. The van der Waals surface area contributed by atoms with E-state index in [-0.39, 0.29) is 24.0 Å². The highest BCUT2D eigenvalue weighted by Gasteiger charge is 2.25. The van der Waals surface area contributed by atoms with Crippen molar-refractivity contribution in [2.75, 3.05) is 59.5 Å². The first-order chi connectivity index (χ1) is 10.8. The van der Waals surface area contributed by atoms with Gasteiger partial charge in [-0.15, -0.1) is 24.0 Å². The standard InChI is InChI=1S/C17H34N4O.HI/c1-4-18-17(21-10-8-16(13-21)14-22-3)19-11-15-7-6-9-20(5-2)12-15;/h15-16H,4-14H2,1-3H3,(H,18,19);1H. The average Bonchev–Trinajstić information content (AvgIpc) is 3.00. The predicted molar refractivity (Wildman–Crippen MR) is 108 cm³/mol. The summed E-state index contributed by atoms with van der Waals surface area (Å²) >= 11 is 0. The summed E-state index contributed by atoms with van der Waals surface area (Å²) in [6.07, 6.45) is 3.86. The van der Waals surface area contributed by atoms with Gasteiger partial charge in [-0.05, 0) is 45.2 Å². The molecule has 2 rings (SSSR count). The van der Waals surface area contributed by atoms with E-state index in [0.717, 1.165) is 44.7 Å². The third-order valence-electron chi connectivity index (χ3n) is 4.87. The van der Waals surface area contributed by atoms with Crippen molar-refractivity contribution >= 4 is 29.9 Å². The molecule has 0 aliphatic carbocycles. The van der Waals surface area contributed by atoms with Crippen molar-refractivity contribution in [1.29, 1.82) is 0 Å². The van der Waals surface area contributed by atoms with Crippen LogP contribution < -0.4 is 5.32 Å². The number of ether oxygens (including phenoxy) is 1. The van der Waals surface area contributed by atoms with Gasteiger partial charge in [-0.2, -0.15) is 0 Å². The molecule has 5 nitrogen and oxygen atoms in total. The smallest absolute Gasteiger partial charge is 0.193 e. The fraction of sp³-hybridized carbons (Fsp3) is 0.941. The van der Waals surface area contributed by atoms with Crippen molar-refractivity contribution in [1.82, 2.24) is 15.1 Å². The SMILES string of the molecule is CCNC(=NCC1CCCN(CC)C1)N1CCC(COC)C1.I. The van der Waals surface area contributed by atoms with Gasteiger partial charge in [-0.3, -0.25) is 4.99 Å². The van der Waals surface area contributed by atoms with Crippen molar-refractivity contribution in [3.63, 3.8) is 0 Å². The Balaban J connectivity index is 0.00000264. The zero-order chi connectivity index (χ0) is 15.8. The first kappa shape index (κ1) is 21.0. The van der Waals surface area contributed by atoms with Crippen molar-refractivity contribution in [3.8, 4) is 0 Å². The van der Waals surface area contributed by atoms with Crippen LogP contribution in [0.4, 0.5) is 0 Å². The molecule has 2 aliphatic heterocycles. The van der Waals surface area contributed by atoms with Gasteiger partial charge in [0.05, 0.1) is 6.61 Å². The monoisotopic (exact) mass is 438 g/mol. The summed E-state index contributed by atoms with van der Waals surface area (Å²) in [4.78, 5) is 9.91. The molecule has 0 bridgehead atoms. The van der Waals surface area contributed by atoms with E-state index in [1.165, 1.54) is 38.9 Å². The molecule has 0 radical (unpaired) electrons. The third kappa shape index (κ3) is 6.74. The summed E-state index contributed by atoms with van der Waals surface area (Å²) in [5, 5.41) is 3.47. The maximum atomic E-state index is 5.30. The van der Waals surface area contributed by atoms with Crippen LogP contribution in [-0.2, 0) is 4.74 Å². The van der Waals surface area contributed by atoms with Crippen LogP contribution in [0.5, 0.6) is 0 Å². The van der Waals surface area contributed by atoms with Crippen LogP contribution in [0.15, 0.2) is 4.99 Å². The molecule has 1 N–H and O–H groups in total. The highest BCUT2D eigenvalue weighted by molar-refractivity contribution is 14.0. The summed E-state index contributed by atoms with van der Waals surface area (Å²) in [6.45, 7) is 13.0. The summed E-state index contributed by atoms with van der Waals surface area (Å²) in [5.41, 5.74) is 0. The number of likely N-dealkylation sites (tertiary alicyclic amines) is 2. The van der Waals surface area contributed by atoms with Gasteiger partial charge in [0.15, 0.2) is 5.96 Å². The Morgan fingerprint density at radius 3 is 2.70 bits per heavy atom. The molecular weight excluding hydrogens is 403 g/mol. The van der Waals surface area contributed by atoms with E-state index in [0.29, 0.717) is 5.92 Å². The maximum Gasteiger partial charge on any atom is 0.193 e. The summed E-state index contributed by atoms with van der Waals surface area (Å²) in [7, 11) is 1.80. The van der Waals surface area contributed by atoms with Crippen LogP contribution in [0.2, 0.25) is 0 Å². The van der Waals surface area contributed by atoms with Crippen molar-refractivity contribution in [3.05, 3.63) is 0 Å². The second kappa shape index (κ2) is 11.5. The van der Waals surface area contributed by atoms with Crippen molar-refractivity contribution in [2.24, 2.45) is 16.8 Å². The normalized spacial score (nSPS) is 26.2. The number of hydrogen-bond donors (Lipinski definition) is 1.